The van der Waals surface area contributed by atoms with Gasteiger partial charge in [0, 0.05) is 6.54 Å². The first-order valence-corrected chi connectivity index (χ1v) is 12.5. The molecule has 3 aromatic carbocycles. The van der Waals surface area contributed by atoms with Crippen LogP contribution in [0.5, 0.6) is 5.75 Å². The Labute approximate surface area is 200 Å². The number of fused-ring (bicyclic) bond motifs is 1. The van der Waals surface area contributed by atoms with Crippen LogP contribution in [0.3, 0.4) is 0 Å². The van der Waals surface area contributed by atoms with Crippen LogP contribution in [0.15, 0.2) is 77.7 Å². The minimum Gasteiger partial charge on any atom is -0.476 e. The summed E-state index contributed by atoms with van der Waals surface area (Å²) in [6.07, 6.45) is -0.983. The Kier molecular flexibility index (Phi) is 7.19. The molecule has 1 unspecified atom stereocenters. The van der Waals surface area contributed by atoms with Crippen LogP contribution in [0.25, 0.3) is 0 Å². The van der Waals surface area contributed by atoms with Crippen molar-refractivity contribution in [2.24, 2.45) is 0 Å². The largest absolute Gasteiger partial charge is 0.476 e. The summed E-state index contributed by atoms with van der Waals surface area (Å²) in [7, 11) is -3.88. The van der Waals surface area contributed by atoms with Gasteiger partial charge in [-0.3, -0.25) is 9.10 Å². The van der Waals surface area contributed by atoms with Gasteiger partial charge in [-0.25, -0.2) is 8.42 Å². The SMILES string of the molecule is Cc1ccc(S(=O)(=O)N2CC(C(=O)NCCOCc3ccccc3)Oc3cc(C)ccc32)cc1. The van der Waals surface area contributed by atoms with E-state index < -0.39 is 16.1 Å². The number of carbonyl (C=O) groups is 1. The molecule has 0 spiro atoms. The molecule has 178 valence electrons. The van der Waals surface area contributed by atoms with Crippen molar-refractivity contribution in [3.8, 4) is 5.75 Å². The van der Waals surface area contributed by atoms with Gasteiger partial charge in [-0.2, -0.15) is 0 Å². The zero-order valence-electron chi connectivity index (χ0n) is 19.2. The van der Waals surface area contributed by atoms with Crippen LogP contribution < -0.4 is 14.4 Å². The summed E-state index contributed by atoms with van der Waals surface area (Å²) in [5.74, 6) is -0.0259. The number of sulfonamides is 1. The molecular formula is C26H28N2O5S. The lowest BCUT2D eigenvalue weighted by Crippen LogP contribution is -2.51. The van der Waals surface area contributed by atoms with E-state index in [9.17, 15) is 13.2 Å². The number of benzene rings is 3. The number of nitrogens with one attached hydrogen (secondary N) is 1. The number of rotatable bonds is 8. The van der Waals surface area contributed by atoms with Crippen molar-refractivity contribution in [3.05, 3.63) is 89.5 Å². The van der Waals surface area contributed by atoms with Crippen LogP contribution in [0.1, 0.15) is 16.7 Å². The number of hydrogen-bond acceptors (Lipinski definition) is 5. The molecule has 0 saturated carbocycles. The number of ether oxygens (including phenoxy) is 2. The number of carbonyl (C=O) groups excluding carboxylic acids is 1. The highest BCUT2D eigenvalue weighted by molar-refractivity contribution is 7.92. The van der Waals surface area contributed by atoms with Crippen LogP contribution in [0.4, 0.5) is 5.69 Å². The minimum atomic E-state index is -3.88. The number of aryl methyl sites for hydroxylation is 2. The highest BCUT2D eigenvalue weighted by Gasteiger charge is 2.37. The van der Waals surface area contributed by atoms with E-state index in [0.29, 0.717) is 24.7 Å². The Balaban J connectivity index is 1.45. The standard InChI is InChI=1S/C26H28N2O5S/c1-19-8-11-22(12-9-19)34(30,31)28-17-25(33-24-16-20(2)10-13-23(24)28)26(29)27-14-15-32-18-21-6-4-3-5-7-21/h3-13,16,25H,14-15,17-18H2,1-2H3,(H,27,29). The molecule has 0 aromatic heterocycles. The Hall–Kier alpha value is -3.36. The van der Waals surface area contributed by atoms with Gasteiger partial charge in [-0.15, -0.1) is 0 Å². The van der Waals surface area contributed by atoms with Gasteiger partial charge in [0.05, 0.1) is 30.3 Å². The molecule has 3 aromatic rings. The number of amides is 1. The lowest BCUT2D eigenvalue weighted by molar-refractivity contribution is -0.128. The van der Waals surface area contributed by atoms with Crippen molar-refractivity contribution in [1.29, 1.82) is 0 Å². The third-order valence-electron chi connectivity index (χ3n) is 5.54. The summed E-state index contributed by atoms with van der Waals surface area (Å²) >= 11 is 0. The topological polar surface area (TPSA) is 84.9 Å². The van der Waals surface area contributed by atoms with E-state index in [1.54, 1.807) is 36.4 Å². The summed E-state index contributed by atoms with van der Waals surface area (Å²) in [4.78, 5) is 13.0. The molecule has 1 amide bonds. The predicted octanol–water partition coefficient (Wildman–Crippen LogP) is 3.59. The monoisotopic (exact) mass is 480 g/mol. The molecule has 34 heavy (non-hydrogen) atoms. The first-order valence-electron chi connectivity index (χ1n) is 11.1. The molecular weight excluding hydrogens is 452 g/mol. The van der Waals surface area contributed by atoms with E-state index in [2.05, 4.69) is 5.32 Å². The van der Waals surface area contributed by atoms with E-state index >= 15 is 0 Å². The molecule has 8 heteroatoms. The maximum absolute atomic E-state index is 13.5. The average Bonchev–Trinajstić information content (AvgIpc) is 2.83. The average molecular weight is 481 g/mol. The molecule has 0 saturated heterocycles. The van der Waals surface area contributed by atoms with Crippen LogP contribution in [0.2, 0.25) is 0 Å². The van der Waals surface area contributed by atoms with Gasteiger partial charge in [0.2, 0.25) is 0 Å². The van der Waals surface area contributed by atoms with Gasteiger partial charge < -0.3 is 14.8 Å². The van der Waals surface area contributed by atoms with Crippen LogP contribution >= 0.6 is 0 Å². The number of hydrogen-bond donors (Lipinski definition) is 1. The lowest BCUT2D eigenvalue weighted by Gasteiger charge is -2.35. The van der Waals surface area contributed by atoms with Crippen molar-refractivity contribution in [3.63, 3.8) is 0 Å². The molecule has 1 heterocycles. The van der Waals surface area contributed by atoms with Crippen LogP contribution in [0, 0.1) is 13.8 Å². The van der Waals surface area contributed by atoms with Gasteiger partial charge >= 0.3 is 0 Å². The van der Waals surface area contributed by atoms with Gasteiger partial charge in [-0.1, -0.05) is 54.1 Å². The van der Waals surface area contributed by atoms with Crippen molar-refractivity contribution in [2.45, 2.75) is 31.5 Å². The fourth-order valence-electron chi connectivity index (χ4n) is 3.69. The fourth-order valence-corrected chi connectivity index (χ4v) is 5.16. The third kappa shape index (κ3) is 5.40. The van der Waals surface area contributed by atoms with Gasteiger partial charge in [0.25, 0.3) is 15.9 Å². The second kappa shape index (κ2) is 10.3. The van der Waals surface area contributed by atoms with Gasteiger partial charge in [0.15, 0.2) is 6.10 Å². The maximum atomic E-state index is 13.5. The number of nitrogens with zero attached hydrogens (tertiary/aromatic N) is 1. The molecule has 1 aliphatic rings. The van der Waals surface area contributed by atoms with E-state index in [4.69, 9.17) is 9.47 Å². The predicted molar refractivity (Wildman–Crippen MR) is 130 cm³/mol. The zero-order chi connectivity index (χ0) is 24.1. The molecule has 0 bridgehead atoms. The summed E-state index contributed by atoms with van der Waals surface area (Å²) in [6.45, 7) is 4.73. The normalized spacial score (nSPS) is 15.4. The van der Waals surface area contributed by atoms with Crippen molar-refractivity contribution in [1.82, 2.24) is 5.32 Å². The van der Waals surface area contributed by atoms with E-state index in [-0.39, 0.29) is 23.9 Å². The van der Waals surface area contributed by atoms with E-state index in [0.717, 1.165) is 16.7 Å². The molecule has 0 aliphatic carbocycles. The smallest absolute Gasteiger partial charge is 0.264 e. The maximum Gasteiger partial charge on any atom is 0.264 e. The molecule has 0 fully saturated rings. The summed E-state index contributed by atoms with van der Waals surface area (Å²) in [5.41, 5.74) is 3.33. The highest BCUT2D eigenvalue weighted by Crippen LogP contribution is 2.37. The Morgan fingerprint density at radius 2 is 1.74 bits per heavy atom. The number of anilines is 1. The Morgan fingerprint density at radius 1 is 1.03 bits per heavy atom. The first kappa shape index (κ1) is 23.8. The van der Waals surface area contributed by atoms with Crippen LogP contribution in [-0.2, 0) is 26.2 Å². The first-order chi connectivity index (χ1) is 16.3. The lowest BCUT2D eigenvalue weighted by atomic mass is 10.1. The van der Waals surface area contributed by atoms with Crippen molar-refractivity contribution in [2.75, 3.05) is 24.0 Å². The minimum absolute atomic E-state index is 0.122. The van der Waals surface area contributed by atoms with Crippen molar-refractivity contribution >= 4 is 21.6 Å². The van der Waals surface area contributed by atoms with Gasteiger partial charge in [-0.05, 0) is 49.2 Å². The molecule has 1 aliphatic heterocycles. The zero-order valence-corrected chi connectivity index (χ0v) is 20.0. The Bertz CT molecular complexity index is 1240. The Morgan fingerprint density at radius 3 is 2.47 bits per heavy atom. The highest BCUT2D eigenvalue weighted by atomic mass is 32.2. The van der Waals surface area contributed by atoms with Gasteiger partial charge in [0.1, 0.15) is 5.75 Å². The van der Waals surface area contributed by atoms with E-state index in [1.165, 1.54) is 4.31 Å². The summed E-state index contributed by atoms with van der Waals surface area (Å²) in [5, 5.41) is 2.79. The second-order valence-electron chi connectivity index (χ2n) is 8.26. The summed E-state index contributed by atoms with van der Waals surface area (Å²) in [6, 6.07) is 21.7. The second-order valence-corrected chi connectivity index (χ2v) is 10.1. The van der Waals surface area contributed by atoms with E-state index in [1.807, 2.05) is 50.2 Å². The summed E-state index contributed by atoms with van der Waals surface area (Å²) < 4.78 is 39.7. The molecule has 0 radical (unpaired) electrons. The quantitative estimate of drug-likeness (QED) is 0.498. The molecule has 7 nitrogen and oxygen atoms in total. The van der Waals surface area contributed by atoms with Crippen LogP contribution in [-0.4, -0.2) is 40.1 Å². The molecule has 1 N–H and O–H groups in total. The molecule has 1 atom stereocenters. The molecule has 4 rings (SSSR count). The fraction of sp³-hybridized carbons (Fsp3) is 0.269. The third-order valence-corrected chi connectivity index (χ3v) is 7.34. The van der Waals surface area contributed by atoms with Crippen molar-refractivity contribution < 1.29 is 22.7 Å².